The van der Waals surface area contributed by atoms with Crippen molar-refractivity contribution in [2.45, 2.75) is 44.6 Å². The van der Waals surface area contributed by atoms with Gasteiger partial charge in [-0.05, 0) is 50.2 Å². The summed E-state index contributed by atoms with van der Waals surface area (Å²) in [5.74, 6) is 0. The quantitative estimate of drug-likeness (QED) is 0.710. The highest BCUT2D eigenvalue weighted by molar-refractivity contribution is 5.85. The van der Waals surface area contributed by atoms with Crippen LogP contribution in [-0.4, -0.2) is 23.0 Å². The molecule has 0 saturated carbocycles. The molecule has 5 rings (SSSR count). The summed E-state index contributed by atoms with van der Waals surface area (Å²) in [5.41, 5.74) is 7.99. The molecule has 1 aliphatic carbocycles. The fraction of sp³-hybridized carbons (Fsp3) is 0.474. The van der Waals surface area contributed by atoms with E-state index in [9.17, 15) is 0 Å². The SMILES string of the molecule is c1ccc2c3c([nH]c2c1)C1CC2=C(CCCC2)CN1CC3. The third-order valence-electron chi connectivity index (χ3n) is 5.81. The van der Waals surface area contributed by atoms with Crippen LogP contribution in [0.15, 0.2) is 35.4 Å². The van der Waals surface area contributed by atoms with Crippen molar-refractivity contribution < 1.29 is 0 Å². The molecule has 3 heterocycles. The monoisotopic (exact) mass is 278 g/mol. The van der Waals surface area contributed by atoms with Gasteiger partial charge >= 0.3 is 0 Å². The molecule has 1 aromatic heterocycles. The van der Waals surface area contributed by atoms with Crippen LogP contribution in [0.5, 0.6) is 0 Å². The minimum absolute atomic E-state index is 0.609. The second-order valence-electron chi connectivity index (χ2n) is 6.92. The van der Waals surface area contributed by atoms with Crippen molar-refractivity contribution in [2.75, 3.05) is 13.1 Å². The molecule has 0 fully saturated rings. The number of nitrogens with one attached hydrogen (secondary N) is 1. The lowest BCUT2D eigenvalue weighted by Gasteiger charge is -2.42. The summed E-state index contributed by atoms with van der Waals surface area (Å²) < 4.78 is 0. The van der Waals surface area contributed by atoms with Gasteiger partial charge in [0, 0.05) is 29.7 Å². The number of H-pyrrole nitrogens is 1. The van der Waals surface area contributed by atoms with E-state index in [4.69, 9.17) is 0 Å². The second-order valence-corrected chi connectivity index (χ2v) is 6.92. The van der Waals surface area contributed by atoms with Gasteiger partial charge in [-0.2, -0.15) is 0 Å². The first-order valence-corrected chi connectivity index (χ1v) is 8.43. The number of hydrogen-bond acceptors (Lipinski definition) is 1. The van der Waals surface area contributed by atoms with E-state index in [0.717, 1.165) is 0 Å². The van der Waals surface area contributed by atoms with Crippen LogP contribution >= 0.6 is 0 Å². The normalized spacial score (nSPS) is 25.6. The molecule has 0 spiro atoms. The molecule has 0 radical (unpaired) electrons. The van der Waals surface area contributed by atoms with Crippen molar-refractivity contribution in [3.05, 3.63) is 46.7 Å². The number of benzene rings is 1. The van der Waals surface area contributed by atoms with E-state index in [0.29, 0.717) is 6.04 Å². The van der Waals surface area contributed by atoms with E-state index in [-0.39, 0.29) is 0 Å². The van der Waals surface area contributed by atoms with Crippen LogP contribution in [0.25, 0.3) is 10.9 Å². The van der Waals surface area contributed by atoms with E-state index >= 15 is 0 Å². The van der Waals surface area contributed by atoms with Gasteiger partial charge in [-0.3, -0.25) is 4.90 Å². The van der Waals surface area contributed by atoms with Crippen molar-refractivity contribution in [1.29, 1.82) is 0 Å². The smallest absolute Gasteiger partial charge is 0.0542 e. The minimum Gasteiger partial charge on any atom is -0.357 e. The molecule has 2 heteroatoms. The highest BCUT2D eigenvalue weighted by Gasteiger charge is 2.35. The maximum atomic E-state index is 3.75. The Morgan fingerprint density at radius 2 is 1.86 bits per heavy atom. The largest absolute Gasteiger partial charge is 0.357 e. The molecule has 0 bridgehead atoms. The van der Waals surface area contributed by atoms with Gasteiger partial charge in [-0.15, -0.1) is 0 Å². The van der Waals surface area contributed by atoms with E-state index in [1.807, 2.05) is 0 Å². The Balaban J connectivity index is 1.61. The summed E-state index contributed by atoms with van der Waals surface area (Å²) in [4.78, 5) is 6.47. The van der Waals surface area contributed by atoms with Crippen LogP contribution < -0.4 is 0 Å². The maximum absolute atomic E-state index is 3.75. The molecule has 21 heavy (non-hydrogen) atoms. The van der Waals surface area contributed by atoms with E-state index in [1.54, 1.807) is 16.7 Å². The highest BCUT2D eigenvalue weighted by Crippen LogP contribution is 2.44. The molecule has 0 saturated heterocycles. The van der Waals surface area contributed by atoms with Gasteiger partial charge < -0.3 is 4.98 Å². The summed E-state index contributed by atoms with van der Waals surface area (Å²) in [7, 11) is 0. The molecule has 2 aromatic rings. The Hall–Kier alpha value is -1.54. The second kappa shape index (κ2) is 4.48. The maximum Gasteiger partial charge on any atom is 0.0542 e. The van der Waals surface area contributed by atoms with Crippen molar-refractivity contribution in [3.63, 3.8) is 0 Å². The van der Waals surface area contributed by atoms with Crippen LogP contribution in [0, 0.1) is 0 Å². The van der Waals surface area contributed by atoms with Crippen LogP contribution in [0.2, 0.25) is 0 Å². The van der Waals surface area contributed by atoms with Gasteiger partial charge in [0.25, 0.3) is 0 Å². The zero-order chi connectivity index (χ0) is 13.8. The average Bonchev–Trinajstić information content (AvgIpc) is 2.92. The average molecular weight is 278 g/mol. The summed E-state index contributed by atoms with van der Waals surface area (Å²) in [6.07, 6.45) is 8.01. The third-order valence-corrected chi connectivity index (χ3v) is 5.81. The molecule has 2 nitrogen and oxygen atoms in total. The van der Waals surface area contributed by atoms with Gasteiger partial charge in [0.1, 0.15) is 0 Å². The predicted molar refractivity (Wildman–Crippen MR) is 86.4 cm³/mol. The molecular formula is C19H22N2. The molecule has 1 atom stereocenters. The fourth-order valence-electron chi connectivity index (χ4n) is 4.74. The first kappa shape index (κ1) is 12.0. The molecule has 1 N–H and O–H groups in total. The van der Waals surface area contributed by atoms with Gasteiger partial charge in [0.2, 0.25) is 0 Å². The lowest BCUT2D eigenvalue weighted by atomic mass is 9.81. The summed E-state index contributed by atoms with van der Waals surface area (Å²) >= 11 is 0. The number of hydrogen-bond donors (Lipinski definition) is 1. The topological polar surface area (TPSA) is 19.0 Å². The Morgan fingerprint density at radius 1 is 1.00 bits per heavy atom. The first-order valence-electron chi connectivity index (χ1n) is 8.43. The van der Waals surface area contributed by atoms with Gasteiger partial charge in [-0.1, -0.05) is 29.3 Å². The molecule has 108 valence electrons. The zero-order valence-corrected chi connectivity index (χ0v) is 12.5. The molecule has 3 aliphatic rings. The molecule has 2 aliphatic heterocycles. The minimum atomic E-state index is 0.609. The molecule has 1 unspecified atom stereocenters. The summed E-state index contributed by atoms with van der Waals surface area (Å²) in [6.45, 7) is 2.46. The van der Waals surface area contributed by atoms with Crippen molar-refractivity contribution >= 4 is 10.9 Å². The molecule has 1 aromatic carbocycles. The molecular weight excluding hydrogens is 256 g/mol. The predicted octanol–water partition coefficient (Wildman–Crippen LogP) is 4.34. The van der Waals surface area contributed by atoms with Gasteiger partial charge in [0.15, 0.2) is 0 Å². The number of aromatic amines is 1. The van der Waals surface area contributed by atoms with Crippen molar-refractivity contribution in [2.24, 2.45) is 0 Å². The number of fused-ring (bicyclic) bond motifs is 5. The zero-order valence-electron chi connectivity index (χ0n) is 12.5. The van der Waals surface area contributed by atoms with Crippen LogP contribution in [-0.2, 0) is 6.42 Å². The fourth-order valence-corrected chi connectivity index (χ4v) is 4.74. The number of aromatic nitrogens is 1. The van der Waals surface area contributed by atoms with Gasteiger partial charge in [0.05, 0.1) is 6.04 Å². The third kappa shape index (κ3) is 1.75. The van der Waals surface area contributed by atoms with Crippen LogP contribution in [0.3, 0.4) is 0 Å². The van der Waals surface area contributed by atoms with Crippen molar-refractivity contribution in [3.8, 4) is 0 Å². The first-order chi connectivity index (χ1) is 10.4. The number of nitrogens with zero attached hydrogens (tertiary/aromatic N) is 1. The lowest BCUT2D eigenvalue weighted by Crippen LogP contribution is -2.40. The summed E-state index contributed by atoms with van der Waals surface area (Å²) in [5, 5.41) is 1.45. The van der Waals surface area contributed by atoms with E-state index < -0.39 is 0 Å². The molecule has 0 amide bonds. The number of para-hydroxylation sites is 1. The van der Waals surface area contributed by atoms with E-state index in [2.05, 4.69) is 34.1 Å². The van der Waals surface area contributed by atoms with Crippen LogP contribution in [0.1, 0.15) is 49.4 Å². The summed E-state index contributed by atoms with van der Waals surface area (Å²) in [6, 6.07) is 9.44. The lowest BCUT2D eigenvalue weighted by molar-refractivity contribution is 0.177. The van der Waals surface area contributed by atoms with E-state index in [1.165, 1.54) is 68.2 Å². The highest BCUT2D eigenvalue weighted by atomic mass is 15.2. The Bertz CT molecular complexity index is 737. The van der Waals surface area contributed by atoms with Crippen molar-refractivity contribution in [1.82, 2.24) is 9.88 Å². The Kier molecular flexibility index (Phi) is 2.57. The van der Waals surface area contributed by atoms with Gasteiger partial charge in [-0.25, -0.2) is 0 Å². The Labute approximate surface area is 125 Å². The standard InChI is InChI=1S/C19H22N2/c1-2-6-14-12-21-10-9-16-15-7-3-4-8-17(15)20-19(16)18(21)11-13(14)5-1/h3-4,7-8,18,20H,1-2,5-6,9-12H2. The Morgan fingerprint density at radius 3 is 2.81 bits per heavy atom. The van der Waals surface area contributed by atoms with Crippen LogP contribution in [0.4, 0.5) is 0 Å². The number of rotatable bonds is 0.